The lowest BCUT2D eigenvalue weighted by Gasteiger charge is -2.54. The third-order valence-corrected chi connectivity index (χ3v) is 4.66. The molecule has 4 heteroatoms. The summed E-state index contributed by atoms with van der Waals surface area (Å²) in [5.41, 5.74) is 0. The average molecular weight is 189 g/mol. The Hall–Kier alpha value is -0.0900. The molecule has 0 aromatic rings. The molecular weight excluding hydrogens is 174 g/mol. The van der Waals surface area contributed by atoms with E-state index in [1.165, 1.54) is 0 Å². The van der Waals surface area contributed by atoms with Crippen LogP contribution in [0.2, 0.25) is 0 Å². The first-order valence-corrected chi connectivity index (χ1v) is 6.29. The zero-order chi connectivity index (χ0) is 8.93. The molecule has 3 aliphatic rings. The summed E-state index contributed by atoms with van der Waals surface area (Å²) >= 11 is 0. The van der Waals surface area contributed by atoms with Crippen LogP contribution in [0.1, 0.15) is 20.3 Å². The minimum Gasteiger partial charge on any atom is -0.293 e. The van der Waals surface area contributed by atoms with Crippen LogP contribution in [0.3, 0.4) is 0 Å². The highest BCUT2D eigenvalue weighted by atomic mass is 32.2. The predicted molar refractivity (Wildman–Crippen MR) is 47.8 cm³/mol. The van der Waals surface area contributed by atoms with E-state index >= 15 is 0 Å². The summed E-state index contributed by atoms with van der Waals surface area (Å²) in [7, 11) is -2.69. The smallest absolute Gasteiger partial charge is 0.153 e. The van der Waals surface area contributed by atoms with Crippen molar-refractivity contribution in [2.75, 3.05) is 11.5 Å². The van der Waals surface area contributed by atoms with Crippen molar-refractivity contribution in [2.45, 2.75) is 38.4 Å². The van der Waals surface area contributed by atoms with E-state index in [2.05, 4.69) is 18.7 Å². The molecule has 0 radical (unpaired) electrons. The van der Waals surface area contributed by atoms with E-state index in [9.17, 15) is 8.42 Å². The first-order chi connectivity index (χ1) is 5.49. The summed E-state index contributed by atoms with van der Waals surface area (Å²) in [5, 5.41) is 0. The summed E-state index contributed by atoms with van der Waals surface area (Å²) in [6.45, 7) is 4.27. The van der Waals surface area contributed by atoms with Crippen LogP contribution in [0, 0.1) is 0 Å². The molecule has 3 rings (SSSR count). The topological polar surface area (TPSA) is 37.4 Å². The van der Waals surface area contributed by atoms with Crippen molar-refractivity contribution < 1.29 is 8.42 Å². The Bertz CT molecular complexity index is 265. The molecule has 2 bridgehead atoms. The lowest BCUT2D eigenvalue weighted by Crippen LogP contribution is -2.67. The van der Waals surface area contributed by atoms with Crippen LogP contribution in [0.25, 0.3) is 0 Å². The van der Waals surface area contributed by atoms with Crippen molar-refractivity contribution in [3.8, 4) is 0 Å². The maximum atomic E-state index is 11.2. The van der Waals surface area contributed by atoms with E-state index in [1.54, 1.807) is 0 Å². The number of fused-ring (bicyclic) bond motifs is 2. The Balaban J connectivity index is 2.13. The highest BCUT2D eigenvalue weighted by molar-refractivity contribution is 7.91. The molecular formula is C8H15NO2S. The van der Waals surface area contributed by atoms with E-state index in [-0.39, 0.29) is 0 Å². The molecule has 0 spiro atoms. The summed E-state index contributed by atoms with van der Waals surface area (Å²) in [5.74, 6) is 0.781. The maximum absolute atomic E-state index is 11.2. The van der Waals surface area contributed by atoms with Gasteiger partial charge in [0.1, 0.15) is 0 Å². The van der Waals surface area contributed by atoms with Gasteiger partial charge in [-0.05, 0) is 20.3 Å². The molecule has 70 valence electrons. The van der Waals surface area contributed by atoms with Gasteiger partial charge in [0.2, 0.25) is 0 Å². The number of hydrogen-bond acceptors (Lipinski definition) is 3. The van der Waals surface area contributed by atoms with Crippen LogP contribution < -0.4 is 0 Å². The highest BCUT2D eigenvalue weighted by Gasteiger charge is 2.48. The van der Waals surface area contributed by atoms with Crippen molar-refractivity contribution in [3.05, 3.63) is 0 Å². The molecule has 0 amide bonds. The number of hydrogen-bond donors (Lipinski definition) is 0. The van der Waals surface area contributed by atoms with Gasteiger partial charge in [-0.1, -0.05) is 0 Å². The fourth-order valence-corrected chi connectivity index (χ4v) is 4.45. The monoisotopic (exact) mass is 189 g/mol. The Kier molecular flexibility index (Phi) is 1.74. The Morgan fingerprint density at radius 1 is 1.25 bits per heavy atom. The molecule has 3 fully saturated rings. The van der Waals surface area contributed by atoms with Crippen LogP contribution in [0.5, 0.6) is 0 Å². The van der Waals surface area contributed by atoms with E-state index in [0.29, 0.717) is 29.6 Å². The molecule has 0 aromatic heterocycles. The SMILES string of the molecule is CC(C)N1C2CC1CS(=O)(=O)C2. The fraction of sp³-hybridized carbons (Fsp3) is 1.00. The standard InChI is InChI=1S/C8H15NO2S/c1-6(2)9-7-3-8(9)5-12(10,11)4-7/h6-8H,3-5H2,1-2H3. The van der Waals surface area contributed by atoms with Gasteiger partial charge in [0.25, 0.3) is 0 Å². The van der Waals surface area contributed by atoms with Gasteiger partial charge in [-0.3, -0.25) is 4.90 Å². The minimum absolute atomic E-state index is 0.328. The lowest BCUT2D eigenvalue weighted by atomic mass is 9.93. The van der Waals surface area contributed by atoms with Gasteiger partial charge >= 0.3 is 0 Å². The van der Waals surface area contributed by atoms with Crippen molar-refractivity contribution in [1.82, 2.24) is 4.90 Å². The Morgan fingerprint density at radius 3 is 2.17 bits per heavy atom. The van der Waals surface area contributed by atoms with Gasteiger partial charge in [0.05, 0.1) is 11.5 Å². The normalized spacial score (nSPS) is 39.6. The van der Waals surface area contributed by atoms with Crippen molar-refractivity contribution in [1.29, 1.82) is 0 Å². The average Bonchev–Trinajstić information content (AvgIpc) is 1.81. The molecule has 2 unspecified atom stereocenters. The van der Waals surface area contributed by atoms with Crippen LogP contribution >= 0.6 is 0 Å². The van der Waals surface area contributed by atoms with Crippen molar-refractivity contribution >= 4 is 9.84 Å². The third kappa shape index (κ3) is 1.17. The third-order valence-electron chi connectivity index (χ3n) is 2.88. The second kappa shape index (κ2) is 2.45. The maximum Gasteiger partial charge on any atom is 0.153 e. The van der Waals surface area contributed by atoms with Crippen molar-refractivity contribution in [3.63, 3.8) is 0 Å². The van der Waals surface area contributed by atoms with E-state index in [4.69, 9.17) is 0 Å². The molecule has 3 nitrogen and oxygen atoms in total. The molecule has 2 atom stereocenters. The zero-order valence-electron chi connectivity index (χ0n) is 7.53. The van der Waals surface area contributed by atoms with Crippen LogP contribution in [-0.2, 0) is 9.84 Å². The Labute approximate surface area is 73.7 Å². The molecule has 0 aromatic carbocycles. The quantitative estimate of drug-likeness (QED) is 0.594. The summed E-state index contributed by atoms with van der Waals surface area (Å²) in [6.07, 6.45) is 1.09. The number of sulfone groups is 1. The van der Waals surface area contributed by atoms with Crippen molar-refractivity contribution in [2.24, 2.45) is 0 Å². The first kappa shape index (κ1) is 8.51. The lowest BCUT2D eigenvalue weighted by molar-refractivity contribution is 0.00348. The fourth-order valence-electron chi connectivity index (χ4n) is 2.52. The zero-order valence-corrected chi connectivity index (χ0v) is 8.34. The molecule has 12 heavy (non-hydrogen) atoms. The second-order valence-corrected chi connectivity index (χ2v) is 6.32. The summed E-state index contributed by atoms with van der Waals surface area (Å²) < 4.78 is 22.5. The van der Waals surface area contributed by atoms with Gasteiger partial charge in [-0.2, -0.15) is 0 Å². The van der Waals surface area contributed by atoms with Gasteiger partial charge in [0.15, 0.2) is 9.84 Å². The molecule has 3 saturated heterocycles. The predicted octanol–water partition coefficient (Wildman–Crippen LogP) is 0.266. The number of rotatable bonds is 1. The largest absolute Gasteiger partial charge is 0.293 e. The second-order valence-electron chi connectivity index (χ2n) is 4.16. The van der Waals surface area contributed by atoms with Crippen LogP contribution in [-0.4, -0.2) is 42.9 Å². The van der Waals surface area contributed by atoms with Gasteiger partial charge in [0, 0.05) is 18.1 Å². The summed E-state index contributed by atoms with van der Waals surface area (Å²) in [6, 6.07) is 1.16. The highest BCUT2D eigenvalue weighted by Crippen LogP contribution is 2.35. The van der Waals surface area contributed by atoms with E-state index < -0.39 is 9.84 Å². The first-order valence-electron chi connectivity index (χ1n) is 4.47. The molecule has 3 heterocycles. The van der Waals surface area contributed by atoms with Gasteiger partial charge < -0.3 is 0 Å². The molecule has 0 saturated carbocycles. The van der Waals surface area contributed by atoms with Crippen LogP contribution in [0.15, 0.2) is 0 Å². The van der Waals surface area contributed by atoms with E-state index in [0.717, 1.165) is 6.42 Å². The number of nitrogens with zero attached hydrogens (tertiary/aromatic N) is 1. The van der Waals surface area contributed by atoms with Crippen LogP contribution in [0.4, 0.5) is 0 Å². The minimum atomic E-state index is -2.69. The van der Waals surface area contributed by atoms with E-state index in [1.807, 2.05) is 0 Å². The molecule has 0 aliphatic carbocycles. The molecule has 0 N–H and O–H groups in total. The Morgan fingerprint density at radius 2 is 1.75 bits per heavy atom. The van der Waals surface area contributed by atoms with Gasteiger partial charge in [-0.25, -0.2) is 8.42 Å². The molecule has 3 aliphatic heterocycles. The van der Waals surface area contributed by atoms with Gasteiger partial charge in [-0.15, -0.1) is 0 Å². The summed E-state index contributed by atoms with van der Waals surface area (Å²) in [4.78, 5) is 2.33.